The first-order valence-corrected chi connectivity index (χ1v) is 6.24. The fourth-order valence-electron chi connectivity index (χ4n) is 1.71. The number of rotatable bonds is 5. The van der Waals surface area contributed by atoms with E-state index >= 15 is 0 Å². The molecule has 1 atom stereocenters. The van der Waals surface area contributed by atoms with Crippen LogP contribution in [0.4, 0.5) is 0 Å². The van der Waals surface area contributed by atoms with Gasteiger partial charge >= 0.3 is 5.97 Å². The Balaban J connectivity index is 3.15. The van der Waals surface area contributed by atoms with E-state index in [4.69, 9.17) is 21.1 Å². The molecular weight excluding hydrogens is 268 g/mol. The first kappa shape index (κ1) is 15.5. The maximum absolute atomic E-state index is 11.9. The van der Waals surface area contributed by atoms with Crippen molar-refractivity contribution in [3.8, 4) is 0 Å². The van der Waals surface area contributed by atoms with E-state index in [1.54, 1.807) is 31.2 Å². The molecule has 0 aliphatic rings. The highest BCUT2D eigenvalue weighted by Crippen LogP contribution is 2.28. The quantitative estimate of drug-likeness (QED) is 0.511. The zero-order valence-electron chi connectivity index (χ0n) is 11.1. The van der Waals surface area contributed by atoms with Crippen molar-refractivity contribution in [2.24, 2.45) is 0 Å². The van der Waals surface area contributed by atoms with Gasteiger partial charge in [-0.2, -0.15) is 0 Å². The fraction of sp³-hybridized carbons (Fsp3) is 0.357. The van der Waals surface area contributed by atoms with E-state index in [9.17, 15) is 9.90 Å². The van der Waals surface area contributed by atoms with Crippen molar-refractivity contribution in [2.75, 3.05) is 13.7 Å². The standard InChI is InChI=1S/C14H17ClO4/c1-4-19-14(17)12(9(2)16)13(18-3)10-5-7-11(15)8-6-10/h5-8,13,16H,4H2,1-3H3/b12-9+. The number of hydrogen-bond donors (Lipinski definition) is 1. The summed E-state index contributed by atoms with van der Waals surface area (Å²) in [6.07, 6.45) is -0.693. The molecule has 0 heterocycles. The molecule has 1 unspecified atom stereocenters. The van der Waals surface area contributed by atoms with Gasteiger partial charge in [-0.05, 0) is 31.5 Å². The van der Waals surface area contributed by atoms with Gasteiger partial charge in [-0.1, -0.05) is 23.7 Å². The molecule has 0 saturated carbocycles. The molecule has 0 aliphatic heterocycles. The van der Waals surface area contributed by atoms with Crippen molar-refractivity contribution < 1.29 is 19.4 Å². The summed E-state index contributed by atoms with van der Waals surface area (Å²) in [4.78, 5) is 11.9. The molecule has 0 bridgehead atoms. The monoisotopic (exact) mass is 284 g/mol. The number of esters is 1. The molecule has 5 heteroatoms. The second-order valence-corrected chi connectivity index (χ2v) is 4.32. The van der Waals surface area contributed by atoms with Crippen LogP contribution >= 0.6 is 11.6 Å². The molecule has 1 rings (SSSR count). The third-order valence-corrected chi connectivity index (χ3v) is 2.81. The van der Waals surface area contributed by atoms with Gasteiger partial charge in [0.05, 0.1) is 6.61 Å². The van der Waals surface area contributed by atoms with Gasteiger partial charge in [-0.3, -0.25) is 0 Å². The number of allylic oxidation sites excluding steroid dienone is 1. The van der Waals surface area contributed by atoms with Crippen LogP contribution in [0, 0.1) is 0 Å². The second-order valence-electron chi connectivity index (χ2n) is 3.89. The Morgan fingerprint density at radius 1 is 1.37 bits per heavy atom. The second kappa shape index (κ2) is 7.16. The highest BCUT2D eigenvalue weighted by Gasteiger charge is 2.26. The highest BCUT2D eigenvalue weighted by atomic mass is 35.5. The Hall–Kier alpha value is -1.52. The van der Waals surface area contributed by atoms with Gasteiger partial charge < -0.3 is 14.6 Å². The number of aliphatic hydroxyl groups is 1. The molecule has 1 aromatic carbocycles. The summed E-state index contributed by atoms with van der Waals surface area (Å²) < 4.78 is 10.2. The summed E-state index contributed by atoms with van der Waals surface area (Å²) in [6.45, 7) is 3.35. The first-order chi connectivity index (χ1) is 9.01. The average Bonchev–Trinajstić information content (AvgIpc) is 2.36. The van der Waals surface area contributed by atoms with Crippen LogP contribution in [0.15, 0.2) is 35.6 Å². The molecule has 0 saturated heterocycles. The number of benzene rings is 1. The molecule has 19 heavy (non-hydrogen) atoms. The van der Waals surface area contributed by atoms with Gasteiger partial charge in [0.15, 0.2) is 0 Å². The SMILES string of the molecule is CCOC(=O)/C(=C(\C)O)C(OC)c1ccc(Cl)cc1. The van der Waals surface area contributed by atoms with Gasteiger partial charge in [0.2, 0.25) is 0 Å². The third kappa shape index (κ3) is 3.98. The van der Waals surface area contributed by atoms with E-state index < -0.39 is 12.1 Å². The number of ether oxygens (including phenoxy) is 2. The lowest BCUT2D eigenvalue weighted by molar-refractivity contribution is -0.140. The minimum absolute atomic E-state index is 0.0895. The molecule has 1 aromatic rings. The third-order valence-electron chi connectivity index (χ3n) is 2.56. The van der Waals surface area contributed by atoms with E-state index in [0.29, 0.717) is 10.6 Å². The van der Waals surface area contributed by atoms with Gasteiger partial charge in [0.25, 0.3) is 0 Å². The Morgan fingerprint density at radius 3 is 2.37 bits per heavy atom. The minimum Gasteiger partial charge on any atom is -0.512 e. The van der Waals surface area contributed by atoms with E-state index in [0.717, 1.165) is 0 Å². The lowest BCUT2D eigenvalue weighted by Crippen LogP contribution is -2.18. The lowest BCUT2D eigenvalue weighted by Gasteiger charge is -2.19. The Morgan fingerprint density at radius 2 is 1.95 bits per heavy atom. The summed E-state index contributed by atoms with van der Waals surface area (Å²) in [5, 5.41) is 10.3. The van der Waals surface area contributed by atoms with Crippen LogP contribution < -0.4 is 0 Å². The Labute approximate surface area is 117 Å². The largest absolute Gasteiger partial charge is 0.512 e. The summed E-state index contributed by atoms with van der Waals surface area (Å²) in [5.74, 6) is -0.718. The van der Waals surface area contributed by atoms with Crippen molar-refractivity contribution in [1.82, 2.24) is 0 Å². The summed E-state index contributed by atoms with van der Waals surface area (Å²) in [6, 6.07) is 6.86. The molecular formula is C14H17ClO4. The average molecular weight is 285 g/mol. The van der Waals surface area contributed by atoms with E-state index in [1.807, 2.05) is 0 Å². The maximum atomic E-state index is 11.9. The normalized spacial score (nSPS) is 13.7. The molecule has 0 aliphatic carbocycles. The van der Waals surface area contributed by atoms with Gasteiger partial charge in [-0.15, -0.1) is 0 Å². The number of hydrogen-bond acceptors (Lipinski definition) is 4. The maximum Gasteiger partial charge on any atom is 0.340 e. The highest BCUT2D eigenvalue weighted by molar-refractivity contribution is 6.30. The van der Waals surface area contributed by atoms with Crippen molar-refractivity contribution in [1.29, 1.82) is 0 Å². The van der Waals surface area contributed by atoms with Crippen LogP contribution in [0.25, 0.3) is 0 Å². The minimum atomic E-state index is -0.693. The topological polar surface area (TPSA) is 55.8 Å². The van der Waals surface area contributed by atoms with Crippen LogP contribution in [-0.2, 0) is 14.3 Å². The van der Waals surface area contributed by atoms with Crippen molar-refractivity contribution >= 4 is 17.6 Å². The summed E-state index contributed by atoms with van der Waals surface area (Å²) in [5.41, 5.74) is 0.801. The summed E-state index contributed by atoms with van der Waals surface area (Å²) in [7, 11) is 1.46. The lowest BCUT2D eigenvalue weighted by atomic mass is 10.0. The zero-order valence-corrected chi connectivity index (χ0v) is 11.9. The van der Waals surface area contributed by atoms with E-state index in [2.05, 4.69) is 0 Å². The van der Waals surface area contributed by atoms with Crippen LogP contribution in [0.2, 0.25) is 5.02 Å². The van der Waals surface area contributed by atoms with Crippen LogP contribution in [-0.4, -0.2) is 24.8 Å². The molecule has 0 radical (unpaired) electrons. The number of carbonyl (C=O) groups is 1. The molecule has 0 spiro atoms. The van der Waals surface area contributed by atoms with Crippen LogP contribution in [0.1, 0.15) is 25.5 Å². The molecule has 0 amide bonds. The van der Waals surface area contributed by atoms with Crippen LogP contribution in [0.5, 0.6) is 0 Å². The molecule has 0 fully saturated rings. The first-order valence-electron chi connectivity index (χ1n) is 5.86. The molecule has 4 nitrogen and oxygen atoms in total. The smallest absolute Gasteiger partial charge is 0.340 e. The number of methoxy groups -OCH3 is 1. The van der Waals surface area contributed by atoms with Gasteiger partial charge in [-0.25, -0.2) is 4.79 Å². The Bertz CT molecular complexity index is 461. The van der Waals surface area contributed by atoms with Gasteiger partial charge in [0, 0.05) is 12.1 Å². The number of aliphatic hydroxyl groups excluding tert-OH is 1. The van der Waals surface area contributed by atoms with Crippen molar-refractivity contribution in [3.63, 3.8) is 0 Å². The summed E-state index contributed by atoms with van der Waals surface area (Å²) >= 11 is 5.82. The number of carbonyl (C=O) groups excluding carboxylic acids is 1. The zero-order chi connectivity index (χ0) is 14.4. The molecule has 1 N–H and O–H groups in total. The van der Waals surface area contributed by atoms with E-state index in [-0.39, 0.29) is 17.9 Å². The van der Waals surface area contributed by atoms with Crippen molar-refractivity contribution in [2.45, 2.75) is 20.0 Å². The fourth-order valence-corrected chi connectivity index (χ4v) is 1.84. The molecule has 0 aromatic heterocycles. The van der Waals surface area contributed by atoms with E-state index in [1.165, 1.54) is 14.0 Å². The van der Waals surface area contributed by atoms with Gasteiger partial charge in [0.1, 0.15) is 17.4 Å². The predicted octanol–water partition coefficient (Wildman–Crippen LogP) is 3.42. The van der Waals surface area contributed by atoms with Crippen LogP contribution in [0.3, 0.4) is 0 Å². The predicted molar refractivity (Wildman–Crippen MR) is 73.2 cm³/mol. The Kier molecular flexibility index (Phi) is 5.86. The molecule has 104 valence electrons. The number of halogens is 1. The van der Waals surface area contributed by atoms with Crippen molar-refractivity contribution in [3.05, 3.63) is 46.2 Å².